The largest absolute Gasteiger partial charge is 0.492 e. The summed E-state index contributed by atoms with van der Waals surface area (Å²) in [6.45, 7) is 22.4. The summed E-state index contributed by atoms with van der Waals surface area (Å²) in [4.78, 5) is 16.3. The zero-order valence-electron chi connectivity index (χ0n) is 31.5. The van der Waals surface area contributed by atoms with Gasteiger partial charge in [0.15, 0.2) is 0 Å². The molecule has 2 aromatic rings. The Bertz CT molecular complexity index is 1160. The molecule has 0 aliphatic rings. The Morgan fingerprint density at radius 3 is 1.83 bits per heavy atom. The molecule has 2 aromatic carbocycles. The minimum absolute atomic E-state index is 0.0357. The molecule has 1 amide bonds. The molecule has 0 heterocycles. The van der Waals surface area contributed by atoms with E-state index in [1.807, 2.05) is 25.1 Å². The average molecular weight is 649 g/mol. The van der Waals surface area contributed by atoms with Crippen LogP contribution in [0.25, 0.3) is 0 Å². The van der Waals surface area contributed by atoms with Gasteiger partial charge in [-0.25, -0.2) is 0 Å². The zero-order chi connectivity index (χ0) is 34.6. The van der Waals surface area contributed by atoms with Crippen LogP contribution in [0.1, 0.15) is 151 Å². The first-order valence-corrected chi connectivity index (χ1v) is 19.1. The number of carbonyl (C=O) groups excluding carboxylic acids is 1. The lowest BCUT2D eigenvalue weighted by Crippen LogP contribution is -2.34. The van der Waals surface area contributed by atoms with Gasteiger partial charge in [0.1, 0.15) is 11.4 Å². The van der Waals surface area contributed by atoms with Crippen molar-refractivity contribution >= 4 is 28.7 Å². The van der Waals surface area contributed by atoms with Crippen LogP contribution in [0, 0.1) is 17.8 Å². The number of hydrogen-bond donors (Lipinski definition) is 1. The maximum atomic E-state index is 13.7. The highest BCUT2D eigenvalue weighted by Gasteiger charge is 2.24. The van der Waals surface area contributed by atoms with Crippen molar-refractivity contribution in [3.63, 3.8) is 0 Å². The third kappa shape index (κ3) is 13.6. The number of amides is 1. The molecule has 0 saturated heterocycles. The molecule has 47 heavy (non-hydrogen) atoms. The molecule has 3 unspecified atom stereocenters. The normalized spacial score (nSPS) is 13.6. The van der Waals surface area contributed by atoms with Gasteiger partial charge in [0.25, 0.3) is 0 Å². The van der Waals surface area contributed by atoms with E-state index < -0.39 is 0 Å². The van der Waals surface area contributed by atoms with Gasteiger partial charge < -0.3 is 15.0 Å². The van der Waals surface area contributed by atoms with Crippen LogP contribution in [0.4, 0.5) is 22.7 Å². The van der Waals surface area contributed by atoms with Gasteiger partial charge in [0.05, 0.1) is 23.7 Å². The number of carbonyl (C=O) groups is 1. The highest BCUT2D eigenvalue weighted by Crippen LogP contribution is 2.41. The molecule has 0 spiro atoms. The molecule has 6 heteroatoms. The van der Waals surface area contributed by atoms with E-state index in [1.165, 1.54) is 44.1 Å². The Hall–Kier alpha value is -2.89. The quantitative estimate of drug-likeness (QED) is 0.115. The number of ether oxygens (including phenoxy) is 1. The van der Waals surface area contributed by atoms with Gasteiger partial charge in [-0.3, -0.25) is 4.79 Å². The van der Waals surface area contributed by atoms with Crippen molar-refractivity contribution in [1.29, 1.82) is 0 Å². The van der Waals surface area contributed by atoms with Gasteiger partial charge in [-0.1, -0.05) is 119 Å². The summed E-state index contributed by atoms with van der Waals surface area (Å²) >= 11 is 0. The van der Waals surface area contributed by atoms with Crippen LogP contribution >= 0.6 is 0 Å². The monoisotopic (exact) mass is 649 g/mol. The number of unbranched alkanes of at least 4 members (excludes halogenated alkanes) is 3. The molecular weight excluding hydrogens is 580 g/mol. The molecule has 0 aliphatic carbocycles. The molecule has 6 nitrogen and oxygen atoms in total. The molecular formula is C41H68N4O2. The number of hydrogen-bond acceptors (Lipinski definition) is 5. The van der Waals surface area contributed by atoms with Gasteiger partial charge in [-0.15, -0.1) is 5.11 Å². The summed E-state index contributed by atoms with van der Waals surface area (Å²) in [6, 6.07) is 12.4. The van der Waals surface area contributed by atoms with Crippen molar-refractivity contribution in [3.8, 4) is 5.75 Å². The first-order valence-electron chi connectivity index (χ1n) is 19.1. The molecule has 0 fully saturated rings. The summed E-state index contributed by atoms with van der Waals surface area (Å²) in [6.07, 6.45) is 13.5. The van der Waals surface area contributed by atoms with E-state index in [0.717, 1.165) is 68.7 Å². The lowest BCUT2D eigenvalue weighted by atomic mass is 9.95. The van der Waals surface area contributed by atoms with Crippen LogP contribution in [0.2, 0.25) is 0 Å². The predicted octanol–water partition coefficient (Wildman–Crippen LogP) is 13.0. The first kappa shape index (κ1) is 40.3. The van der Waals surface area contributed by atoms with Gasteiger partial charge >= 0.3 is 0 Å². The van der Waals surface area contributed by atoms with E-state index in [2.05, 4.69) is 88.9 Å². The smallest absolute Gasteiger partial charge is 0.227 e. The van der Waals surface area contributed by atoms with Crippen LogP contribution in [-0.4, -0.2) is 25.6 Å². The van der Waals surface area contributed by atoms with Gasteiger partial charge in [0, 0.05) is 25.1 Å². The van der Waals surface area contributed by atoms with E-state index in [4.69, 9.17) is 9.85 Å². The van der Waals surface area contributed by atoms with E-state index in [-0.39, 0.29) is 11.8 Å². The number of nitrogens with zero attached hydrogens (tertiary/aromatic N) is 3. The van der Waals surface area contributed by atoms with Crippen molar-refractivity contribution < 1.29 is 9.53 Å². The maximum absolute atomic E-state index is 13.7. The second kappa shape index (κ2) is 22.6. The number of benzene rings is 2. The second-order valence-corrected chi connectivity index (χ2v) is 13.7. The molecule has 1 N–H and O–H groups in total. The van der Waals surface area contributed by atoms with E-state index in [9.17, 15) is 4.79 Å². The topological polar surface area (TPSA) is 66.3 Å². The lowest BCUT2D eigenvalue weighted by molar-refractivity contribution is -0.120. The third-order valence-corrected chi connectivity index (χ3v) is 9.62. The molecule has 0 bridgehead atoms. The number of azo groups is 1. The summed E-state index contributed by atoms with van der Waals surface area (Å²) in [5.74, 6) is 2.48. The fourth-order valence-electron chi connectivity index (χ4n) is 6.23. The van der Waals surface area contributed by atoms with Gasteiger partial charge in [-0.05, 0) is 74.1 Å². The van der Waals surface area contributed by atoms with Crippen molar-refractivity contribution in [1.82, 2.24) is 0 Å². The summed E-state index contributed by atoms with van der Waals surface area (Å²) in [5, 5.41) is 12.7. The average Bonchev–Trinajstić information content (AvgIpc) is 3.08. The van der Waals surface area contributed by atoms with Crippen molar-refractivity contribution in [3.05, 3.63) is 42.0 Å². The first-order chi connectivity index (χ1) is 22.7. The van der Waals surface area contributed by atoms with E-state index in [0.29, 0.717) is 35.7 Å². The van der Waals surface area contributed by atoms with Gasteiger partial charge in [0.2, 0.25) is 5.91 Å². The van der Waals surface area contributed by atoms with Crippen molar-refractivity contribution in [2.45, 2.75) is 145 Å². The third-order valence-electron chi connectivity index (χ3n) is 9.62. The second-order valence-electron chi connectivity index (χ2n) is 13.7. The molecule has 264 valence electrons. The van der Waals surface area contributed by atoms with Crippen LogP contribution in [0.15, 0.2) is 46.6 Å². The van der Waals surface area contributed by atoms with Crippen LogP contribution in [0.5, 0.6) is 5.75 Å². The fraction of sp³-hybridized carbons (Fsp3) is 0.683. The molecule has 2 rings (SSSR count). The van der Waals surface area contributed by atoms with E-state index >= 15 is 0 Å². The summed E-state index contributed by atoms with van der Waals surface area (Å²) in [7, 11) is 0. The molecule has 0 aliphatic heterocycles. The molecule has 3 atom stereocenters. The van der Waals surface area contributed by atoms with Crippen LogP contribution in [-0.2, 0) is 4.79 Å². The highest BCUT2D eigenvalue weighted by molar-refractivity contribution is 5.96. The number of nitrogens with one attached hydrogen (secondary N) is 1. The maximum Gasteiger partial charge on any atom is 0.227 e. The fourth-order valence-corrected chi connectivity index (χ4v) is 6.23. The Balaban J connectivity index is 2.69. The Morgan fingerprint density at radius 2 is 1.34 bits per heavy atom. The molecule has 0 radical (unpaired) electrons. The molecule has 0 saturated carbocycles. The Labute approximate surface area is 288 Å². The number of rotatable bonds is 24. The van der Waals surface area contributed by atoms with Gasteiger partial charge in [-0.2, -0.15) is 5.11 Å². The Kier molecular flexibility index (Phi) is 19.4. The molecule has 0 aromatic heterocycles. The zero-order valence-corrected chi connectivity index (χ0v) is 31.5. The highest BCUT2D eigenvalue weighted by atomic mass is 16.5. The lowest BCUT2D eigenvalue weighted by Gasteiger charge is -2.34. The van der Waals surface area contributed by atoms with Crippen molar-refractivity contribution in [2.75, 3.05) is 29.9 Å². The van der Waals surface area contributed by atoms with Crippen LogP contribution in [0.3, 0.4) is 0 Å². The summed E-state index contributed by atoms with van der Waals surface area (Å²) in [5.41, 5.74) is 4.44. The van der Waals surface area contributed by atoms with Crippen LogP contribution < -0.4 is 15.0 Å². The number of anilines is 2. The minimum Gasteiger partial charge on any atom is -0.492 e. The van der Waals surface area contributed by atoms with Crippen molar-refractivity contribution in [2.24, 2.45) is 28.0 Å². The van der Waals surface area contributed by atoms with E-state index in [1.54, 1.807) is 0 Å². The summed E-state index contributed by atoms with van der Waals surface area (Å²) < 4.78 is 6.37. The SMILES string of the molecule is CCCCC(CC)CN(CC(CC)CCCC)c1cc(NC(=O)C(CC)CCCC)c(N=Nc2ccc(C(C)C)cc2)cc1OCC. The predicted molar refractivity (Wildman–Crippen MR) is 203 cm³/mol. The Morgan fingerprint density at radius 1 is 0.766 bits per heavy atom. The standard InChI is InChI=1S/C41H68N4O2/c1-10-17-20-32(13-4)29-45(30-33(14-5)21-18-11-2)39-27-37(42-41(46)34(15-6)22-19-12-3)38(28-40(39)47-16-7)44-43-36-25-23-35(24-26-36)31(8)9/h23-28,31-34H,10-22,29-30H2,1-9H3,(H,42,46). The minimum atomic E-state index is -0.0357.